The van der Waals surface area contributed by atoms with Gasteiger partial charge in [0.1, 0.15) is 18.8 Å². The molecular formula is C32H48N4O6. The van der Waals surface area contributed by atoms with Crippen molar-refractivity contribution in [3.63, 3.8) is 0 Å². The summed E-state index contributed by atoms with van der Waals surface area (Å²) in [6, 6.07) is 12.9. The molecule has 1 heterocycles. The number of alkyl carbamates (subject to hydrolysis) is 1. The zero-order valence-electron chi connectivity index (χ0n) is 25.6. The molecule has 0 radical (unpaired) electrons. The zero-order chi connectivity index (χ0) is 31.2. The number of nitrogens with one attached hydrogen (secondary N) is 3. The van der Waals surface area contributed by atoms with Crippen molar-refractivity contribution in [1.29, 1.82) is 0 Å². The molecule has 42 heavy (non-hydrogen) atoms. The molecule has 1 aromatic heterocycles. The van der Waals surface area contributed by atoms with Crippen LogP contribution >= 0.6 is 0 Å². The lowest BCUT2D eigenvalue weighted by Crippen LogP contribution is -2.57. The van der Waals surface area contributed by atoms with Gasteiger partial charge >= 0.3 is 6.09 Å². The van der Waals surface area contributed by atoms with Crippen LogP contribution < -0.4 is 16.0 Å². The topological polar surface area (TPSA) is 150 Å². The molecule has 0 aliphatic carbocycles. The molecule has 0 fully saturated rings. The fraction of sp³-hybridized carbons (Fsp3) is 0.562. The third-order valence-electron chi connectivity index (χ3n) is 7.36. The van der Waals surface area contributed by atoms with Gasteiger partial charge in [-0.25, -0.2) is 4.79 Å². The molecule has 2 rings (SSSR count). The molecule has 10 heteroatoms. The van der Waals surface area contributed by atoms with E-state index in [0.717, 1.165) is 5.56 Å². The number of aliphatic hydroxyl groups excluding tert-OH is 2. The monoisotopic (exact) mass is 584 g/mol. The largest absolute Gasteiger partial charge is 0.445 e. The summed E-state index contributed by atoms with van der Waals surface area (Å²) in [5.74, 6) is -2.47. The van der Waals surface area contributed by atoms with Gasteiger partial charge in [0.05, 0.1) is 30.3 Å². The van der Waals surface area contributed by atoms with Crippen LogP contribution in [0.15, 0.2) is 54.7 Å². The highest BCUT2D eigenvalue weighted by Gasteiger charge is 2.40. The Balaban J connectivity index is 2.13. The molecule has 0 aliphatic rings. The second kappa shape index (κ2) is 17.5. The fourth-order valence-corrected chi connectivity index (χ4v) is 4.75. The molecule has 1 aromatic carbocycles. The van der Waals surface area contributed by atoms with E-state index in [1.165, 1.54) is 0 Å². The second-order valence-corrected chi connectivity index (χ2v) is 11.6. The van der Waals surface area contributed by atoms with Gasteiger partial charge in [0.25, 0.3) is 0 Å². The van der Waals surface area contributed by atoms with Crippen molar-refractivity contribution < 1.29 is 29.3 Å². The molecule has 10 nitrogen and oxygen atoms in total. The fourth-order valence-electron chi connectivity index (χ4n) is 4.75. The lowest BCUT2D eigenvalue weighted by molar-refractivity contribution is -0.140. The number of hydrogen-bond donors (Lipinski definition) is 5. The van der Waals surface area contributed by atoms with Crippen LogP contribution in [0.5, 0.6) is 0 Å². The molecule has 0 aliphatic heterocycles. The van der Waals surface area contributed by atoms with Gasteiger partial charge in [0.2, 0.25) is 11.8 Å². The van der Waals surface area contributed by atoms with Gasteiger partial charge in [-0.15, -0.1) is 0 Å². The van der Waals surface area contributed by atoms with Crippen LogP contribution in [0.1, 0.15) is 65.6 Å². The Morgan fingerprint density at radius 3 is 2.12 bits per heavy atom. The van der Waals surface area contributed by atoms with Gasteiger partial charge in [-0.05, 0) is 41.9 Å². The quantitative estimate of drug-likeness (QED) is 0.202. The summed E-state index contributed by atoms with van der Waals surface area (Å²) >= 11 is 0. The molecule has 0 saturated heterocycles. The third kappa shape index (κ3) is 11.1. The highest BCUT2D eigenvalue weighted by Crippen LogP contribution is 2.23. The summed E-state index contributed by atoms with van der Waals surface area (Å²) in [5, 5.41) is 30.9. The van der Waals surface area contributed by atoms with E-state index >= 15 is 0 Å². The molecule has 0 saturated carbocycles. The van der Waals surface area contributed by atoms with E-state index in [1.807, 2.05) is 64.1 Å². The summed E-state index contributed by atoms with van der Waals surface area (Å²) in [7, 11) is 0. The van der Waals surface area contributed by atoms with E-state index < -0.39 is 42.2 Å². The first-order valence-electron chi connectivity index (χ1n) is 14.8. The Labute approximate surface area is 249 Å². The van der Waals surface area contributed by atoms with Gasteiger partial charge in [0, 0.05) is 6.20 Å². The molecule has 2 aromatic rings. The third-order valence-corrected chi connectivity index (χ3v) is 7.36. The van der Waals surface area contributed by atoms with E-state index in [0.29, 0.717) is 18.5 Å². The van der Waals surface area contributed by atoms with Crippen LogP contribution in [0.2, 0.25) is 0 Å². The first-order chi connectivity index (χ1) is 19.9. The number of benzene rings is 1. The van der Waals surface area contributed by atoms with Crippen molar-refractivity contribution in [3.8, 4) is 0 Å². The van der Waals surface area contributed by atoms with Crippen molar-refractivity contribution >= 4 is 17.9 Å². The average Bonchev–Trinajstić information content (AvgIpc) is 2.97. The Morgan fingerprint density at radius 1 is 0.881 bits per heavy atom. The van der Waals surface area contributed by atoms with E-state index in [9.17, 15) is 24.6 Å². The highest BCUT2D eigenvalue weighted by atomic mass is 16.5. The number of hydrogen-bond acceptors (Lipinski definition) is 7. The highest BCUT2D eigenvalue weighted by molar-refractivity contribution is 5.89. The Hall–Kier alpha value is -3.50. The minimum Gasteiger partial charge on any atom is -0.445 e. The number of pyridine rings is 1. The predicted octanol–water partition coefficient (Wildman–Crippen LogP) is 3.56. The number of ether oxygens (including phenoxy) is 1. The predicted molar refractivity (Wildman–Crippen MR) is 161 cm³/mol. The normalized spacial score (nSPS) is 15.7. The molecular weight excluding hydrogens is 536 g/mol. The van der Waals surface area contributed by atoms with E-state index in [-0.39, 0.29) is 36.8 Å². The number of carbonyl (C=O) groups is 3. The molecule has 232 valence electrons. The number of rotatable bonds is 16. The lowest BCUT2D eigenvalue weighted by atomic mass is 9.82. The molecule has 5 N–H and O–H groups in total. The molecule has 0 bridgehead atoms. The molecule has 0 spiro atoms. The van der Waals surface area contributed by atoms with E-state index in [2.05, 4.69) is 20.9 Å². The number of aromatic nitrogens is 1. The minimum atomic E-state index is -1.52. The van der Waals surface area contributed by atoms with Crippen molar-refractivity contribution in [2.24, 2.45) is 23.7 Å². The maximum Gasteiger partial charge on any atom is 0.407 e. The Kier molecular flexibility index (Phi) is 14.4. The van der Waals surface area contributed by atoms with Gasteiger partial charge < -0.3 is 30.9 Å². The maximum absolute atomic E-state index is 13.6. The summed E-state index contributed by atoms with van der Waals surface area (Å²) in [6.45, 7) is 11.4. The second-order valence-electron chi connectivity index (χ2n) is 11.6. The standard InChI is InChI=1S/C32H48N4O6/c1-7-22(6)27(31(40)34-18-24-15-11-12-16-33-24)36-30(39)26(21(4)5)29(38)28(37)25(17-20(2)3)35-32(41)42-19-23-13-9-8-10-14-23/h8-16,20-22,25-29,37-38H,7,17-19H2,1-6H3,(H,34,40)(H,35,41)(H,36,39)/t22-,25-,26+,27-,28+,29+/m0/s1. The van der Waals surface area contributed by atoms with Crippen LogP contribution in [0.25, 0.3) is 0 Å². The van der Waals surface area contributed by atoms with Gasteiger partial charge in [-0.3, -0.25) is 14.6 Å². The van der Waals surface area contributed by atoms with E-state index in [4.69, 9.17) is 4.74 Å². The van der Waals surface area contributed by atoms with Crippen molar-refractivity contribution in [1.82, 2.24) is 20.9 Å². The summed E-state index contributed by atoms with van der Waals surface area (Å²) < 4.78 is 5.33. The molecule has 6 atom stereocenters. The van der Waals surface area contributed by atoms with Crippen LogP contribution in [0.3, 0.4) is 0 Å². The zero-order valence-corrected chi connectivity index (χ0v) is 25.6. The summed E-state index contributed by atoms with van der Waals surface area (Å²) in [5.41, 5.74) is 1.50. The number of amides is 3. The first kappa shape index (κ1) is 34.7. The van der Waals surface area contributed by atoms with Crippen LogP contribution in [-0.4, -0.2) is 57.4 Å². The maximum atomic E-state index is 13.6. The van der Waals surface area contributed by atoms with Crippen molar-refractivity contribution in [3.05, 3.63) is 66.0 Å². The SMILES string of the molecule is CC[C@H](C)[C@H](NC(=O)[C@H](C(C)C)[C@@H](O)[C@H](O)[C@H](CC(C)C)NC(=O)OCc1ccccc1)C(=O)NCc1ccccn1. The van der Waals surface area contributed by atoms with Gasteiger partial charge in [-0.2, -0.15) is 0 Å². The van der Waals surface area contributed by atoms with Crippen LogP contribution in [0.4, 0.5) is 4.79 Å². The van der Waals surface area contributed by atoms with E-state index in [1.54, 1.807) is 32.2 Å². The van der Waals surface area contributed by atoms with Gasteiger partial charge in [0.15, 0.2) is 0 Å². The van der Waals surface area contributed by atoms with Crippen LogP contribution in [-0.2, 0) is 27.5 Å². The first-order valence-corrected chi connectivity index (χ1v) is 14.8. The smallest absolute Gasteiger partial charge is 0.407 e. The molecule has 3 amide bonds. The summed E-state index contributed by atoms with van der Waals surface area (Å²) in [6.07, 6.45) is -1.10. The number of nitrogens with zero attached hydrogens (tertiary/aromatic N) is 1. The Morgan fingerprint density at radius 2 is 1.55 bits per heavy atom. The molecule has 0 unspecified atom stereocenters. The van der Waals surface area contributed by atoms with Crippen LogP contribution in [0, 0.1) is 23.7 Å². The number of carbonyl (C=O) groups excluding carboxylic acids is 3. The lowest BCUT2D eigenvalue weighted by Gasteiger charge is -2.35. The Bertz CT molecular complexity index is 1100. The van der Waals surface area contributed by atoms with Gasteiger partial charge in [-0.1, -0.05) is 84.4 Å². The summed E-state index contributed by atoms with van der Waals surface area (Å²) in [4.78, 5) is 43.5. The van der Waals surface area contributed by atoms with Crippen molar-refractivity contribution in [2.45, 2.75) is 91.8 Å². The van der Waals surface area contributed by atoms with Crippen molar-refractivity contribution in [2.75, 3.05) is 0 Å². The number of aliphatic hydroxyl groups is 2. The average molecular weight is 585 g/mol. The minimum absolute atomic E-state index is 0.0517.